The molecule has 1 aliphatic heterocycles. The number of hydrogen-bond donors (Lipinski definition) is 0. The van der Waals surface area contributed by atoms with Gasteiger partial charge in [0.05, 0.1) is 5.69 Å². The van der Waals surface area contributed by atoms with Crippen LogP contribution in [-0.4, -0.2) is 29.4 Å². The second kappa shape index (κ2) is 5.21. The highest BCUT2D eigenvalue weighted by atomic mass is 35.5. The fourth-order valence-electron chi connectivity index (χ4n) is 2.06. The van der Waals surface area contributed by atoms with Gasteiger partial charge in [0, 0.05) is 11.1 Å². The van der Waals surface area contributed by atoms with Gasteiger partial charge in [0.1, 0.15) is 6.54 Å². The van der Waals surface area contributed by atoms with Crippen LogP contribution >= 0.6 is 11.6 Å². The fourth-order valence-corrected chi connectivity index (χ4v) is 2.23. The Hall–Kier alpha value is -1.55. The van der Waals surface area contributed by atoms with Crippen molar-refractivity contribution >= 4 is 29.2 Å². The van der Waals surface area contributed by atoms with Crippen molar-refractivity contribution in [3.63, 3.8) is 0 Å². The molecule has 1 aliphatic rings. The van der Waals surface area contributed by atoms with Gasteiger partial charge in [0.2, 0.25) is 0 Å². The van der Waals surface area contributed by atoms with Crippen LogP contribution in [0.2, 0.25) is 5.02 Å². The van der Waals surface area contributed by atoms with Gasteiger partial charge in [-0.25, -0.2) is 9.69 Å². The number of hydrogen-bond acceptors (Lipinski definition) is 2. The Kier molecular flexibility index (Phi) is 3.80. The first kappa shape index (κ1) is 13.9. The summed E-state index contributed by atoms with van der Waals surface area (Å²) >= 11 is 6.05. The standard InChI is InChI=1S/C14H17ClN2O2/c1-4-10(3)16-8-13(18)17(14(16)19)11-6-5-9(2)12(15)7-11/h5-7,10H,4,8H2,1-3H3. The first-order valence-electron chi connectivity index (χ1n) is 6.35. The summed E-state index contributed by atoms with van der Waals surface area (Å²) in [6.45, 7) is 5.95. The van der Waals surface area contributed by atoms with E-state index in [1.165, 1.54) is 4.90 Å². The monoisotopic (exact) mass is 280 g/mol. The Morgan fingerprint density at radius 3 is 2.63 bits per heavy atom. The lowest BCUT2D eigenvalue weighted by molar-refractivity contribution is -0.116. The van der Waals surface area contributed by atoms with Crippen molar-refractivity contribution in [1.82, 2.24) is 4.90 Å². The van der Waals surface area contributed by atoms with Crippen LogP contribution in [0, 0.1) is 6.92 Å². The topological polar surface area (TPSA) is 40.6 Å². The lowest BCUT2D eigenvalue weighted by Gasteiger charge is -2.22. The van der Waals surface area contributed by atoms with Crippen molar-refractivity contribution in [2.24, 2.45) is 0 Å². The minimum absolute atomic E-state index is 0.0578. The zero-order chi connectivity index (χ0) is 14.2. The maximum Gasteiger partial charge on any atom is 0.332 e. The van der Waals surface area contributed by atoms with Crippen LogP contribution in [0.5, 0.6) is 0 Å². The third-order valence-corrected chi connectivity index (χ3v) is 3.94. The SMILES string of the molecule is CCC(C)N1CC(=O)N(c2ccc(C)c(Cl)c2)C1=O. The van der Waals surface area contributed by atoms with Crippen molar-refractivity contribution in [3.05, 3.63) is 28.8 Å². The van der Waals surface area contributed by atoms with E-state index in [0.717, 1.165) is 12.0 Å². The van der Waals surface area contributed by atoms with E-state index in [-0.39, 0.29) is 24.5 Å². The molecule has 0 bridgehead atoms. The molecule has 1 unspecified atom stereocenters. The molecule has 102 valence electrons. The van der Waals surface area contributed by atoms with Gasteiger partial charge >= 0.3 is 6.03 Å². The van der Waals surface area contributed by atoms with Crippen LogP contribution in [0.15, 0.2) is 18.2 Å². The Labute approximate surface area is 117 Å². The largest absolute Gasteiger partial charge is 0.332 e. The van der Waals surface area contributed by atoms with Crippen LogP contribution in [0.1, 0.15) is 25.8 Å². The summed E-state index contributed by atoms with van der Waals surface area (Å²) in [5, 5.41) is 0.556. The Morgan fingerprint density at radius 2 is 2.05 bits per heavy atom. The zero-order valence-corrected chi connectivity index (χ0v) is 12.1. The van der Waals surface area contributed by atoms with Gasteiger partial charge in [-0.15, -0.1) is 0 Å². The van der Waals surface area contributed by atoms with Crippen molar-refractivity contribution in [3.8, 4) is 0 Å². The van der Waals surface area contributed by atoms with Crippen LogP contribution < -0.4 is 4.90 Å². The molecule has 0 N–H and O–H groups in total. The maximum absolute atomic E-state index is 12.3. The maximum atomic E-state index is 12.3. The Bertz CT molecular complexity index is 530. The van der Waals surface area contributed by atoms with E-state index in [4.69, 9.17) is 11.6 Å². The highest BCUT2D eigenvalue weighted by Gasteiger charge is 2.38. The molecule has 1 fully saturated rings. The first-order valence-corrected chi connectivity index (χ1v) is 6.73. The zero-order valence-electron chi connectivity index (χ0n) is 11.3. The van der Waals surface area contributed by atoms with E-state index >= 15 is 0 Å². The number of amides is 3. The molecule has 3 amide bonds. The average molecular weight is 281 g/mol. The summed E-state index contributed by atoms with van der Waals surface area (Å²) in [6, 6.07) is 5.01. The molecule has 4 nitrogen and oxygen atoms in total. The number of carbonyl (C=O) groups is 2. The molecule has 0 radical (unpaired) electrons. The minimum Gasteiger partial charge on any atom is -0.312 e. The van der Waals surface area contributed by atoms with E-state index < -0.39 is 0 Å². The number of imide groups is 1. The van der Waals surface area contributed by atoms with Gasteiger partial charge in [-0.3, -0.25) is 4.79 Å². The molecule has 2 rings (SSSR count). The third-order valence-electron chi connectivity index (χ3n) is 3.53. The van der Waals surface area contributed by atoms with E-state index in [1.54, 1.807) is 17.0 Å². The molecule has 0 aliphatic carbocycles. The van der Waals surface area contributed by atoms with Gasteiger partial charge in [0.15, 0.2) is 0 Å². The van der Waals surface area contributed by atoms with Gasteiger partial charge in [0.25, 0.3) is 5.91 Å². The lowest BCUT2D eigenvalue weighted by Crippen LogP contribution is -2.37. The van der Waals surface area contributed by atoms with E-state index in [2.05, 4.69) is 0 Å². The third kappa shape index (κ3) is 2.45. The number of benzene rings is 1. The fraction of sp³-hybridized carbons (Fsp3) is 0.429. The van der Waals surface area contributed by atoms with Gasteiger partial charge in [-0.1, -0.05) is 24.6 Å². The number of halogens is 1. The summed E-state index contributed by atoms with van der Waals surface area (Å²) < 4.78 is 0. The molecule has 1 aromatic carbocycles. The number of rotatable bonds is 3. The van der Waals surface area contributed by atoms with Crippen LogP contribution in [0.3, 0.4) is 0 Å². The molecule has 1 heterocycles. The molecule has 0 saturated carbocycles. The second-order valence-electron chi connectivity index (χ2n) is 4.83. The Morgan fingerprint density at radius 1 is 1.37 bits per heavy atom. The minimum atomic E-state index is -0.265. The van der Waals surface area contributed by atoms with Crippen molar-refractivity contribution in [2.45, 2.75) is 33.2 Å². The predicted octanol–water partition coefficient (Wildman–Crippen LogP) is 3.22. The van der Waals surface area contributed by atoms with Gasteiger partial charge in [-0.2, -0.15) is 0 Å². The van der Waals surface area contributed by atoms with Crippen molar-refractivity contribution in [2.75, 3.05) is 11.4 Å². The normalized spacial score (nSPS) is 17.3. The number of urea groups is 1. The highest BCUT2D eigenvalue weighted by Crippen LogP contribution is 2.27. The summed E-state index contributed by atoms with van der Waals surface area (Å²) in [7, 11) is 0. The molecule has 1 saturated heterocycles. The van der Waals surface area contributed by atoms with E-state index in [1.807, 2.05) is 26.8 Å². The van der Waals surface area contributed by atoms with E-state index in [0.29, 0.717) is 10.7 Å². The highest BCUT2D eigenvalue weighted by molar-refractivity contribution is 6.32. The first-order chi connectivity index (χ1) is 8.95. The van der Waals surface area contributed by atoms with Crippen molar-refractivity contribution in [1.29, 1.82) is 0 Å². The van der Waals surface area contributed by atoms with Gasteiger partial charge < -0.3 is 4.90 Å². The van der Waals surface area contributed by atoms with Gasteiger partial charge in [-0.05, 0) is 38.0 Å². The average Bonchev–Trinajstić information content (AvgIpc) is 2.68. The molecule has 0 aromatic heterocycles. The Balaban J connectivity index is 2.32. The van der Waals surface area contributed by atoms with Crippen molar-refractivity contribution < 1.29 is 9.59 Å². The summed E-state index contributed by atoms with van der Waals surface area (Å²) in [6.07, 6.45) is 0.821. The van der Waals surface area contributed by atoms with Crippen LogP contribution in [0.4, 0.5) is 10.5 Å². The lowest BCUT2D eigenvalue weighted by atomic mass is 10.2. The second-order valence-corrected chi connectivity index (χ2v) is 5.24. The van der Waals surface area contributed by atoms with E-state index in [9.17, 15) is 9.59 Å². The molecular weight excluding hydrogens is 264 g/mol. The smallest absolute Gasteiger partial charge is 0.312 e. The molecule has 1 atom stereocenters. The summed E-state index contributed by atoms with van der Waals surface area (Å²) in [5.74, 6) is -0.204. The number of nitrogens with zero attached hydrogens (tertiary/aromatic N) is 2. The summed E-state index contributed by atoms with van der Waals surface area (Å²) in [5.41, 5.74) is 1.46. The predicted molar refractivity (Wildman–Crippen MR) is 75.5 cm³/mol. The molecular formula is C14H17ClN2O2. The molecule has 1 aromatic rings. The van der Waals surface area contributed by atoms with Crippen LogP contribution in [0.25, 0.3) is 0 Å². The quantitative estimate of drug-likeness (QED) is 0.798. The molecule has 5 heteroatoms. The number of carbonyl (C=O) groups excluding carboxylic acids is 2. The molecule has 0 spiro atoms. The summed E-state index contributed by atoms with van der Waals surface area (Å²) in [4.78, 5) is 27.1. The van der Waals surface area contributed by atoms with Crippen LogP contribution in [-0.2, 0) is 4.79 Å². The molecule has 19 heavy (non-hydrogen) atoms. The number of anilines is 1. The number of aryl methyl sites for hydroxylation is 1.